The van der Waals surface area contributed by atoms with Crippen molar-refractivity contribution in [2.45, 2.75) is 6.42 Å². The lowest BCUT2D eigenvalue weighted by Gasteiger charge is -1.99. The summed E-state index contributed by atoms with van der Waals surface area (Å²) >= 11 is 5.70. The summed E-state index contributed by atoms with van der Waals surface area (Å²) in [5.74, 6) is -0.867. The third kappa shape index (κ3) is 3.11. The highest BCUT2D eigenvalue weighted by Gasteiger charge is 1.96. The SMILES string of the molecule is Nc1cc(Cl)ccc1C=CCC(=O)O. The average Bonchev–Trinajstić information content (AvgIpc) is 2.08. The van der Waals surface area contributed by atoms with Gasteiger partial charge in [0, 0.05) is 10.7 Å². The standard InChI is InChI=1S/C10H10ClNO2/c11-8-5-4-7(9(12)6-8)2-1-3-10(13)14/h1-2,4-6H,3,12H2,(H,13,14). The molecule has 74 valence electrons. The molecule has 14 heavy (non-hydrogen) atoms. The fraction of sp³-hybridized carbons (Fsp3) is 0.100. The second-order valence-corrected chi connectivity index (χ2v) is 3.21. The molecule has 1 aromatic carbocycles. The molecule has 0 bridgehead atoms. The van der Waals surface area contributed by atoms with Gasteiger partial charge in [0.25, 0.3) is 0 Å². The predicted octanol–water partition coefficient (Wildman–Crippen LogP) is 2.41. The van der Waals surface area contributed by atoms with Crippen LogP contribution in [-0.2, 0) is 4.79 Å². The number of anilines is 1. The Balaban J connectivity index is 2.76. The van der Waals surface area contributed by atoms with E-state index in [1.54, 1.807) is 30.4 Å². The molecule has 4 heteroatoms. The Bertz CT molecular complexity index is 374. The number of nitrogen functional groups attached to an aromatic ring is 1. The number of rotatable bonds is 3. The van der Waals surface area contributed by atoms with Gasteiger partial charge in [-0.15, -0.1) is 0 Å². The van der Waals surface area contributed by atoms with Gasteiger partial charge in [0.2, 0.25) is 0 Å². The first-order valence-electron chi connectivity index (χ1n) is 4.03. The van der Waals surface area contributed by atoms with Crippen LogP contribution in [0.25, 0.3) is 6.08 Å². The zero-order valence-electron chi connectivity index (χ0n) is 7.40. The van der Waals surface area contributed by atoms with Gasteiger partial charge in [0.05, 0.1) is 6.42 Å². The molecular weight excluding hydrogens is 202 g/mol. The van der Waals surface area contributed by atoms with Crippen LogP contribution in [0, 0.1) is 0 Å². The predicted molar refractivity (Wildman–Crippen MR) is 57.2 cm³/mol. The smallest absolute Gasteiger partial charge is 0.307 e. The molecule has 1 rings (SSSR count). The van der Waals surface area contributed by atoms with Gasteiger partial charge in [-0.1, -0.05) is 29.8 Å². The molecule has 0 spiro atoms. The number of hydrogen-bond acceptors (Lipinski definition) is 2. The maximum absolute atomic E-state index is 10.2. The topological polar surface area (TPSA) is 63.3 Å². The van der Waals surface area contributed by atoms with Crippen LogP contribution in [-0.4, -0.2) is 11.1 Å². The van der Waals surface area contributed by atoms with Crippen LogP contribution in [0.1, 0.15) is 12.0 Å². The molecule has 0 aliphatic heterocycles. The summed E-state index contributed by atoms with van der Waals surface area (Å²) in [5, 5.41) is 8.97. The van der Waals surface area contributed by atoms with Crippen molar-refractivity contribution in [3.63, 3.8) is 0 Å². The molecule has 0 fully saturated rings. The van der Waals surface area contributed by atoms with E-state index in [1.165, 1.54) is 0 Å². The highest BCUT2D eigenvalue weighted by Crippen LogP contribution is 2.19. The van der Waals surface area contributed by atoms with Gasteiger partial charge in [-0.2, -0.15) is 0 Å². The number of carbonyl (C=O) groups is 1. The van der Waals surface area contributed by atoms with E-state index >= 15 is 0 Å². The third-order valence-electron chi connectivity index (χ3n) is 1.64. The van der Waals surface area contributed by atoms with Gasteiger partial charge in [0.15, 0.2) is 0 Å². The van der Waals surface area contributed by atoms with Crippen molar-refractivity contribution in [1.82, 2.24) is 0 Å². The monoisotopic (exact) mass is 211 g/mol. The first-order chi connectivity index (χ1) is 6.59. The van der Waals surface area contributed by atoms with Crippen molar-refractivity contribution in [2.24, 2.45) is 0 Å². The quantitative estimate of drug-likeness (QED) is 0.755. The van der Waals surface area contributed by atoms with Crippen LogP contribution in [0.15, 0.2) is 24.3 Å². The van der Waals surface area contributed by atoms with E-state index in [0.29, 0.717) is 10.7 Å². The minimum atomic E-state index is -0.867. The van der Waals surface area contributed by atoms with E-state index in [2.05, 4.69) is 0 Å². The number of benzene rings is 1. The van der Waals surface area contributed by atoms with E-state index < -0.39 is 5.97 Å². The van der Waals surface area contributed by atoms with Crippen LogP contribution in [0.5, 0.6) is 0 Å². The summed E-state index contributed by atoms with van der Waals surface area (Å²) in [7, 11) is 0. The van der Waals surface area contributed by atoms with Gasteiger partial charge in [-0.25, -0.2) is 0 Å². The van der Waals surface area contributed by atoms with Crippen LogP contribution in [0.3, 0.4) is 0 Å². The molecule has 0 atom stereocenters. The van der Waals surface area contributed by atoms with E-state index in [0.717, 1.165) is 5.56 Å². The van der Waals surface area contributed by atoms with Gasteiger partial charge in [-0.05, 0) is 17.7 Å². The van der Waals surface area contributed by atoms with Gasteiger partial charge in [0.1, 0.15) is 0 Å². The molecule has 0 unspecified atom stereocenters. The molecule has 0 saturated carbocycles. The Kier molecular flexibility index (Phi) is 3.54. The fourth-order valence-electron chi connectivity index (χ4n) is 0.984. The van der Waals surface area contributed by atoms with Gasteiger partial charge < -0.3 is 10.8 Å². The van der Waals surface area contributed by atoms with Crippen molar-refractivity contribution < 1.29 is 9.90 Å². The summed E-state index contributed by atoms with van der Waals surface area (Å²) in [6.45, 7) is 0. The number of aliphatic carboxylic acids is 1. The highest BCUT2D eigenvalue weighted by molar-refractivity contribution is 6.30. The number of halogens is 1. The van der Waals surface area contributed by atoms with E-state index in [9.17, 15) is 4.79 Å². The van der Waals surface area contributed by atoms with Gasteiger partial charge in [-0.3, -0.25) is 4.79 Å². The first-order valence-corrected chi connectivity index (χ1v) is 4.41. The van der Waals surface area contributed by atoms with Crippen molar-refractivity contribution in [3.05, 3.63) is 34.9 Å². The van der Waals surface area contributed by atoms with Crippen molar-refractivity contribution in [2.75, 3.05) is 5.73 Å². The minimum absolute atomic E-state index is 0.0118. The summed E-state index contributed by atoms with van der Waals surface area (Å²) in [4.78, 5) is 10.2. The lowest BCUT2D eigenvalue weighted by atomic mass is 10.1. The molecule has 1 aromatic rings. The number of carboxylic acid groups (broad SMARTS) is 1. The normalized spacial score (nSPS) is 10.6. The van der Waals surface area contributed by atoms with Crippen LogP contribution >= 0.6 is 11.6 Å². The first kappa shape index (κ1) is 10.6. The average molecular weight is 212 g/mol. The summed E-state index contributed by atoms with van der Waals surface area (Å²) < 4.78 is 0. The lowest BCUT2D eigenvalue weighted by molar-refractivity contribution is -0.135. The molecule has 0 amide bonds. The molecule has 0 aliphatic carbocycles. The lowest BCUT2D eigenvalue weighted by Crippen LogP contribution is -1.91. The molecule has 0 radical (unpaired) electrons. The third-order valence-corrected chi connectivity index (χ3v) is 1.87. The summed E-state index contributed by atoms with van der Waals surface area (Å²) in [6.07, 6.45) is 3.20. The van der Waals surface area contributed by atoms with Crippen LogP contribution < -0.4 is 5.73 Å². The molecule has 0 heterocycles. The number of carboxylic acids is 1. The van der Waals surface area contributed by atoms with Crippen molar-refractivity contribution in [3.8, 4) is 0 Å². The molecule has 3 N–H and O–H groups in total. The summed E-state index contributed by atoms with van der Waals surface area (Å²) in [5.41, 5.74) is 6.97. The van der Waals surface area contributed by atoms with Crippen LogP contribution in [0.2, 0.25) is 5.02 Å². The Morgan fingerprint density at radius 3 is 2.86 bits per heavy atom. The van der Waals surface area contributed by atoms with Gasteiger partial charge >= 0.3 is 5.97 Å². The zero-order chi connectivity index (χ0) is 10.6. The van der Waals surface area contributed by atoms with Crippen molar-refractivity contribution >= 4 is 29.3 Å². The van der Waals surface area contributed by atoms with E-state index in [4.69, 9.17) is 22.4 Å². The largest absolute Gasteiger partial charge is 0.481 e. The fourth-order valence-corrected chi connectivity index (χ4v) is 1.16. The van der Waals surface area contributed by atoms with Crippen molar-refractivity contribution in [1.29, 1.82) is 0 Å². The molecule has 3 nitrogen and oxygen atoms in total. The summed E-state index contributed by atoms with van der Waals surface area (Å²) in [6, 6.07) is 5.08. The Labute approximate surface area is 86.8 Å². The minimum Gasteiger partial charge on any atom is -0.481 e. The maximum Gasteiger partial charge on any atom is 0.307 e. The maximum atomic E-state index is 10.2. The zero-order valence-corrected chi connectivity index (χ0v) is 8.16. The highest BCUT2D eigenvalue weighted by atomic mass is 35.5. The van der Waals surface area contributed by atoms with E-state index in [1.807, 2.05) is 0 Å². The number of nitrogens with two attached hydrogens (primary N) is 1. The van der Waals surface area contributed by atoms with E-state index in [-0.39, 0.29) is 6.42 Å². The number of hydrogen-bond donors (Lipinski definition) is 2. The Morgan fingerprint density at radius 2 is 2.29 bits per heavy atom. The molecular formula is C10H10ClNO2. The second kappa shape index (κ2) is 4.67. The Hall–Kier alpha value is -1.48. The second-order valence-electron chi connectivity index (χ2n) is 2.77. The Morgan fingerprint density at radius 1 is 1.57 bits per heavy atom. The molecule has 0 aliphatic rings. The molecule has 0 saturated heterocycles. The van der Waals surface area contributed by atoms with Crippen LogP contribution in [0.4, 0.5) is 5.69 Å². The molecule has 0 aromatic heterocycles.